The number of benzene rings is 3. The number of amides is 2. The second kappa shape index (κ2) is 13.0. The van der Waals surface area contributed by atoms with Gasteiger partial charge in [0.1, 0.15) is 11.8 Å². The van der Waals surface area contributed by atoms with Crippen LogP contribution in [0, 0.1) is 0 Å². The highest BCUT2D eigenvalue weighted by molar-refractivity contribution is 6.32. The fourth-order valence-electron chi connectivity index (χ4n) is 3.42. The Bertz CT molecular complexity index is 1080. The zero-order valence-corrected chi connectivity index (χ0v) is 20.0. The molecule has 3 aromatic carbocycles. The standard InChI is InChI=1S/C26H26Cl2N2O4/c27-21-12-10-20(11-13-21)17-30(25(32)18-34-24-9-5-4-8-22(24)28)23(26(33)29-14-15-31)16-19-6-2-1-3-7-19/h1-13,23,31H,14-18H2,(H,29,33). The number of para-hydroxylation sites is 1. The van der Waals surface area contributed by atoms with Gasteiger partial charge >= 0.3 is 0 Å². The van der Waals surface area contributed by atoms with E-state index in [1.807, 2.05) is 42.5 Å². The van der Waals surface area contributed by atoms with E-state index >= 15 is 0 Å². The van der Waals surface area contributed by atoms with Crippen LogP contribution in [-0.4, -0.2) is 47.6 Å². The highest BCUT2D eigenvalue weighted by atomic mass is 35.5. The van der Waals surface area contributed by atoms with Crippen LogP contribution in [0.1, 0.15) is 11.1 Å². The van der Waals surface area contributed by atoms with Crippen LogP contribution < -0.4 is 10.1 Å². The number of nitrogens with one attached hydrogen (secondary N) is 1. The Morgan fingerprint density at radius 2 is 1.59 bits per heavy atom. The molecule has 0 heterocycles. The lowest BCUT2D eigenvalue weighted by Gasteiger charge is -2.31. The topological polar surface area (TPSA) is 78.9 Å². The van der Waals surface area contributed by atoms with E-state index in [1.165, 1.54) is 4.90 Å². The fraction of sp³-hybridized carbons (Fsp3) is 0.231. The minimum atomic E-state index is -0.827. The predicted octanol–water partition coefficient (Wildman–Crippen LogP) is 4.12. The number of aliphatic hydroxyl groups excluding tert-OH is 1. The molecule has 0 saturated carbocycles. The van der Waals surface area contributed by atoms with Gasteiger partial charge in [0, 0.05) is 24.5 Å². The van der Waals surface area contributed by atoms with E-state index in [-0.39, 0.29) is 38.1 Å². The maximum atomic E-state index is 13.4. The summed E-state index contributed by atoms with van der Waals surface area (Å²) in [6.45, 7) is -0.240. The van der Waals surface area contributed by atoms with E-state index < -0.39 is 6.04 Å². The van der Waals surface area contributed by atoms with Crippen molar-refractivity contribution in [2.75, 3.05) is 19.8 Å². The third-order valence-corrected chi connectivity index (χ3v) is 5.70. The molecule has 0 radical (unpaired) electrons. The van der Waals surface area contributed by atoms with Gasteiger partial charge in [-0.3, -0.25) is 9.59 Å². The average Bonchev–Trinajstić information content (AvgIpc) is 2.85. The zero-order chi connectivity index (χ0) is 24.3. The lowest BCUT2D eigenvalue weighted by molar-refractivity contribution is -0.142. The van der Waals surface area contributed by atoms with Gasteiger partial charge in [-0.25, -0.2) is 0 Å². The Kier molecular flexibility index (Phi) is 9.76. The van der Waals surface area contributed by atoms with E-state index in [2.05, 4.69) is 5.32 Å². The summed E-state index contributed by atoms with van der Waals surface area (Å²) in [6.07, 6.45) is 0.295. The lowest BCUT2D eigenvalue weighted by Crippen LogP contribution is -2.52. The predicted molar refractivity (Wildman–Crippen MR) is 133 cm³/mol. The maximum Gasteiger partial charge on any atom is 0.261 e. The fourth-order valence-corrected chi connectivity index (χ4v) is 3.74. The van der Waals surface area contributed by atoms with Crippen LogP contribution in [0.15, 0.2) is 78.9 Å². The van der Waals surface area contributed by atoms with Crippen molar-refractivity contribution in [2.45, 2.75) is 19.0 Å². The minimum absolute atomic E-state index is 0.0865. The molecule has 2 N–H and O–H groups in total. The molecule has 1 atom stereocenters. The van der Waals surface area contributed by atoms with Crippen molar-refractivity contribution in [3.05, 3.63) is 100 Å². The Hall–Kier alpha value is -3.06. The second-order valence-corrected chi connectivity index (χ2v) is 8.43. The molecule has 3 rings (SSSR count). The zero-order valence-electron chi connectivity index (χ0n) is 18.5. The van der Waals surface area contributed by atoms with Crippen LogP contribution in [0.2, 0.25) is 10.0 Å². The van der Waals surface area contributed by atoms with Crippen LogP contribution in [0.25, 0.3) is 0 Å². The van der Waals surface area contributed by atoms with Gasteiger partial charge in [-0.1, -0.05) is 77.8 Å². The summed E-state index contributed by atoms with van der Waals surface area (Å²) in [5.74, 6) is -0.360. The van der Waals surface area contributed by atoms with Gasteiger partial charge < -0.3 is 20.1 Å². The first-order chi connectivity index (χ1) is 16.5. The smallest absolute Gasteiger partial charge is 0.261 e. The third kappa shape index (κ3) is 7.48. The molecular formula is C26H26Cl2N2O4. The molecule has 0 fully saturated rings. The monoisotopic (exact) mass is 500 g/mol. The summed E-state index contributed by atoms with van der Waals surface area (Å²) in [6, 6.07) is 22.6. The first kappa shape index (κ1) is 25.6. The third-order valence-electron chi connectivity index (χ3n) is 5.14. The highest BCUT2D eigenvalue weighted by Crippen LogP contribution is 2.23. The second-order valence-electron chi connectivity index (χ2n) is 7.59. The number of hydrogen-bond donors (Lipinski definition) is 2. The van der Waals surface area contributed by atoms with E-state index in [9.17, 15) is 14.7 Å². The van der Waals surface area contributed by atoms with Gasteiger partial charge in [0.05, 0.1) is 11.6 Å². The molecule has 8 heteroatoms. The van der Waals surface area contributed by atoms with Crippen LogP contribution in [0.5, 0.6) is 5.75 Å². The van der Waals surface area contributed by atoms with Crippen molar-refractivity contribution in [2.24, 2.45) is 0 Å². The van der Waals surface area contributed by atoms with Gasteiger partial charge in [-0.15, -0.1) is 0 Å². The molecule has 1 unspecified atom stereocenters. The molecule has 3 aromatic rings. The van der Waals surface area contributed by atoms with E-state index in [4.69, 9.17) is 27.9 Å². The molecule has 0 saturated heterocycles. The average molecular weight is 501 g/mol. The summed E-state index contributed by atoms with van der Waals surface area (Å²) in [5.41, 5.74) is 1.70. The Balaban J connectivity index is 1.89. The number of carbonyl (C=O) groups is 2. The van der Waals surface area contributed by atoms with Crippen molar-refractivity contribution in [1.82, 2.24) is 10.2 Å². The van der Waals surface area contributed by atoms with Crippen LogP contribution in [-0.2, 0) is 22.6 Å². The maximum absolute atomic E-state index is 13.4. The summed E-state index contributed by atoms with van der Waals surface area (Å²) in [4.78, 5) is 28.0. The van der Waals surface area contributed by atoms with Crippen LogP contribution >= 0.6 is 23.2 Å². The normalized spacial score (nSPS) is 11.5. The molecule has 6 nitrogen and oxygen atoms in total. The number of hydrogen-bond acceptors (Lipinski definition) is 4. The Morgan fingerprint density at radius 1 is 0.912 bits per heavy atom. The van der Waals surface area contributed by atoms with Crippen LogP contribution in [0.4, 0.5) is 0 Å². The van der Waals surface area contributed by atoms with Gasteiger partial charge in [0.25, 0.3) is 5.91 Å². The van der Waals surface area contributed by atoms with Crippen molar-refractivity contribution in [3.63, 3.8) is 0 Å². The summed E-state index contributed by atoms with van der Waals surface area (Å²) < 4.78 is 5.68. The first-order valence-corrected chi connectivity index (χ1v) is 11.6. The molecule has 34 heavy (non-hydrogen) atoms. The number of halogens is 2. The first-order valence-electron chi connectivity index (χ1n) is 10.8. The molecule has 0 aliphatic rings. The number of nitrogens with zero attached hydrogens (tertiary/aromatic N) is 1. The summed E-state index contributed by atoms with van der Waals surface area (Å²) >= 11 is 12.2. The van der Waals surface area contributed by atoms with E-state index in [0.717, 1.165) is 11.1 Å². The van der Waals surface area contributed by atoms with Gasteiger partial charge in [-0.2, -0.15) is 0 Å². The lowest BCUT2D eigenvalue weighted by atomic mass is 10.0. The number of rotatable bonds is 11. The Morgan fingerprint density at radius 3 is 2.26 bits per heavy atom. The van der Waals surface area contributed by atoms with Crippen LogP contribution in [0.3, 0.4) is 0 Å². The highest BCUT2D eigenvalue weighted by Gasteiger charge is 2.30. The van der Waals surface area contributed by atoms with Gasteiger partial charge in [-0.05, 0) is 35.4 Å². The van der Waals surface area contributed by atoms with E-state index in [0.29, 0.717) is 22.2 Å². The number of carbonyl (C=O) groups excluding carboxylic acids is 2. The SMILES string of the molecule is O=C(NCCO)C(Cc1ccccc1)N(Cc1ccc(Cl)cc1)C(=O)COc1ccccc1Cl. The number of ether oxygens (including phenoxy) is 1. The van der Waals surface area contributed by atoms with Crippen molar-refractivity contribution < 1.29 is 19.4 Å². The molecule has 0 aromatic heterocycles. The molecule has 178 valence electrons. The van der Waals surface area contributed by atoms with E-state index in [1.54, 1.807) is 36.4 Å². The Labute approximate surface area is 209 Å². The molecule has 0 aliphatic heterocycles. The summed E-state index contributed by atoms with van der Waals surface area (Å²) in [7, 11) is 0. The van der Waals surface area contributed by atoms with Crippen molar-refractivity contribution in [3.8, 4) is 5.75 Å². The van der Waals surface area contributed by atoms with Gasteiger partial charge in [0.15, 0.2) is 6.61 Å². The molecule has 2 amide bonds. The molecule has 0 aliphatic carbocycles. The quantitative estimate of drug-likeness (QED) is 0.415. The molecule has 0 spiro atoms. The molecular weight excluding hydrogens is 475 g/mol. The minimum Gasteiger partial charge on any atom is -0.482 e. The van der Waals surface area contributed by atoms with Gasteiger partial charge in [0.2, 0.25) is 5.91 Å². The molecule has 0 bridgehead atoms. The van der Waals surface area contributed by atoms with Crippen molar-refractivity contribution >= 4 is 35.0 Å². The largest absolute Gasteiger partial charge is 0.482 e. The summed E-state index contributed by atoms with van der Waals surface area (Å²) in [5, 5.41) is 12.9. The number of aliphatic hydroxyl groups is 1. The van der Waals surface area contributed by atoms with Crippen molar-refractivity contribution in [1.29, 1.82) is 0 Å².